The van der Waals surface area contributed by atoms with Crippen LogP contribution in [0, 0.1) is 6.92 Å². The molecule has 1 unspecified atom stereocenters. The number of methoxy groups -OCH3 is 1. The maximum absolute atomic E-state index is 10.7. The van der Waals surface area contributed by atoms with Crippen molar-refractivity contribution in [2.24, 2.45) is 0 Å². The zero-order chi connectivity index (χ0) is 12.8. The standard InChI is InChI=1S/C13H18O4/c1-4-10(8-13(14)15)17-11-6-5-9(2)7-12(11)16-3/h5-7,10H,4,8H2,1-3H3,(H,14,15). The molecule has 1 atom stereocenters. The minimum absolute atomic E-state index is 0.00642. The van der Waals surface area contributed by atoms with Gasteiger partial charge in [0, 0.05) is 0 Å². The van der Waals surface area contributed by atoms with Gasteiger partial charge in [0.1, 0.15) is 6.10 Å². The van der Waals surface area contributed by atoms with Gasteiger partial charge >= 0.3 is 5.97 Å². The van der Waals surface area contributed by atoms with Gasteiger partial charge in [-0.25, -0.2) is 0 Å². The molecule has 0 bridgehead atoms. The average molecular weight is 238 g/mol. The monoisotopic (exact) mass is 238 g/mol. The minimum atomic E-state index is -0.858. The molecule has 0 aliphatic heterocycles. The second-order valence-electron chi connectivity index (χ2n) is 3.90. The topological polar surface area (TPSA) is 55.8 Å². The van der Waals surface area contributed by atoms with E-state index in [0.29, 0.717) is 17.9 Å². The molecular weight excluding hydrogens is 220 g/mol. The van der Waals surface area contributed by atoms with Crippen LogP contribution < -0.4 is 9.47 Å². The van der Waals surface area contributed by atoms with E-state index in [9.17, 15) is 4.79 Å². The van der Waals surface area contributed by atoms with Gasteiger partial charge in [0.25, 0.3) is 0 Å². The summed E-state index contributed by atoms with van der Waals surface area (Å²) in [6, 6.07) is 5.58. The van der Waals surface area contributed by atoms with Crippen LogP contribution in [0.5, 0.6) is 11.5 Å². The van der Waals surface area contributed by atoms with Crippen molar-refractivity contribution in [3.05, 3.63) is 23.8 Å². The zero-order valence-electron chi connectivity index (χ0n) is 10.4. The summed E-state index contributed by atoms with van der Waals surface area (Å²) in [5.41, 5.74) is 1.07. The van der Waals surface area contributed by atoms with Crippen LogP contribution in [0.3, 0.4) is 0 Å². The largest absolute Gasteiger partial charge is 0.493 e. The molecule has 1 rings (SSSR count). The number of benzene rings is 1. The smallest absolute Gasteiger partial charge is 0.307 e. The number of ether oxygens (including phenoxy) is 2. The number of hydrogen-bond donors (Lipinski definition) is 1. The summed E-state index contributed by atoms with van der Waals surface area (Å²) in [4.78, 5) is 10.7. The molecule has 4 heteroatoms. The summed E-state index contributed by atoms with van der Waals surface area (Å²) in [6.45, 7) is 3.86. The van der Waals surface area contributed by atoms with Gasteiger partial charge in [-0.15, -0.1) is 0 Å². The van der Waals surface area contributed by atoms with Gasteiger partial charge in [-0.1, -0.05) is 13.0 Å². The first kappa shape index (κ1) is 13.4. The molecule has 0 spiro atoms. The van der Waals surface area contributed by atoms with E-state index in [1.165, 1.54) is 0 Å². The number of hydrogen-bond acceptors (Lipinski definition) is 3. The van der Waals surface area contributed by atoms with Crippen molar-refractivity contribution in [1.29, 1.82) is 0 Å². The minimum Gasteiger partial charge on any atom is -0.493 e. The highest BCUT2D eigenvalue weighted by Gasteiger charge is 2.15. The fraction of sp³-hybridized carbons (Fsp3) is 0.462. The lowest BCUT2D eigenvalue weighted by Crippen LogP contribution is -2.20. The van der Waals surface area contributed by atoms with Crippen LogP contribution in [0.1, 0.15) is 25.3 Å². The molecule has 1 aromatic carbocycles. The quantitative estimate of drug-likeness (QED) is 0.827. The van der Waals surface area contributed by atoms with E-state index < -0.39 is 5.97 Å². The molecule has 0 saturated carbocycles. The Bertz CT molecular complexity index is 387. The molecule has 94 valence electrons. The van der Waals surface area contributed by atoms with Gasteiger partial charge in [-0.2, -0.15) is 0 Å². The first-order valence-corrected chi connectivity index (χ1v) is 5.60. The number of carboxylic acids is 1. The fourth-order valence-electron chi connectivity index (χ4n) is 1.52. The van der Waals surface area contributed by atoms with E-state index in [2.05, 4.69) is 0 Å². The van der Waals surface area contributed by atoms with Crippen molar-refractivity contribution >= 4 is 5.97 Å². The molecule has 4 nitrogen and oxygen atoms in total. The third kappa shape index (κ3) is 3.98. The van der Waals surface area contributed by atoms with Crippen LogP contribution in [-0.2, 0) is 4.79 Å². The van der Waals surface area contributed by atoms with Gasteiger partial charge in [0.05, 0.1) is 13.5 Å². The molecule has 0 radical (unpaired) electrons. The highest BCUT2D eigenvalue weighted by Crippen LogP contribution is 2.29. The average Bonchev–Trinajstić information content (AvgIpc) is 2.29. The van der Waals surface area contributed by atoms with E-state index >= 15 is 0 Å². The van der Waals surface area contributed by atoms with E-state index in [1.54, 1.807) is 13.2 Å². The maximum Gasteiger partial charge on any atom is 0.307 e. The normalized spacial score (nSPS) is 11.9. The van der Waals surface area contributed by atoms with Crippen molar-refractivity contribution in [3.63, 3.8) is 0 Å². The summed E-state index contributed by atoms with van der Waals surface area (Å²) in [6.07, 6.45) is 0.306. The fourth-order valence-corrected chi connectivity index (χ4v) is 1.52. The number of aryl methyl sites for hydroxylation is 1. The number of rotatable bonds is 6. The molecule has 0 heterocycles. The van der Waals surface area contributed by atoms with Crippen LogP contribution in [0.2, 0.25) is 0 Å². The van der Waals surface area contributed by atoms with Crippen LogP contribution in [0.25, 0.3) is 0 Å². The summed E-state index contributed by atoms with van der Waals surface area (Å²) in [7, 11) is 1.57. The third-order valence-electron chi connectivity index (χ3n) is 2.47. The molecule has 0 amide bonds. The van der Waals surface area contributed by atoms with E-state index in [4.69, 9.17) is 14.6 Å². The molecule has 0 fully saturated rings. The Morgan fingerprint density at radius 2 is 2.12 bits per heavy atom. The van der Waals surface area contributed by atoms with Crippen LogP contribution in [-0.4, -0.2) is 24.3 Å². The Hall–Kier alpha value is -1.71. The Labute approximate surface area is 101 Å². The Kier molecular flexibility index (Phi) is 4.82. The van der Waals surface area contributed by atoms with Gasteiger partial charge in [-0.05, 0) is 31.0 Å². The Morgan fingerprint density at radius 1 is 1.41 bits per heavy atom. The van der Waals surface area contributed by atoms with Crippen molar-refractivity contribution in [3.8, 4) is 11.5 Å². The summed E-state index contributed by atoms with van der Waals surface area (Å²) >= 11 is 0. The molecule has 1 aromatic rings. The number of carbonyl (C=O) groups is 1. The molecule has 0 aliphatic carbocycles. The van der Waals surface area contributed by atoms with Crippen molar-refractivity contribution < 1.29 is 19.4 Å². The molecule has 17 heavy (non-hydrogen) atoms. The van der Waals surface area contributed by atoms with Crippen molar-refractivity contribution in [2.45, 2.75) is 32.8 Å². The molecular formula is C13H18O4. The van der Waals surface area contributed by atoms with E-state index in [1.807, 2.05) is 26.0 Å². The predicted octanol–water partition coefficient (Wildman–Crippen LogP) is 2.64. The highest BCUT2D eigenvalue weighted by atomic mass is 16.5. The second kappa shape index (κ2) is 6.13. The molecule has 0 aromatic heterocycles. The first-order valence-electron chi connectivity index (χ1n) is 5.60. The lowest BCUT2D eigenvalue weighted by Gasteiger charge is -2.18. The number of aliphatic carboxylic acids is 1. The van der Waals surface area contributed by atoms with Gasteiger partial charge in [0.2, 0.25) is 0 Å². The summed E-state index contributed by atoms with van der Waals surface area (Å²) < 4.78 is 10.8. The van der Waals surface area contributed by atoms with Crippen LogP contribution >= 0.6 is 0 Å². The lowest BCUT2D eigenvalue weighted by atomic mass is 10.2. The SMILES string of the molecule is CCC(CC(=O)O)Oc1ccc(C)cc1OC. The summed E-state index contributed by atoms with van der Waals surface area (Å²) in [5.74, 6) is 0.364. The first-order chi connectivity index (χ1) is 8.06. The maximum atomic E-state index is 10.7. The Morgan fingerprint density at radius 3 is 2.65 bits per heavy atom. The highest BCUT2D eigenvalue weighted by molar-refractivity contribution is 5.67. The third-order valence-corrected chi connectivity index (χ3v) is 2.47. The zero-order valence-corrected chi connectivity index (χ0v) is 10.4. The molecule has 1 N–H and O–H groups in total. The second-order valence-corrected chi connectivity index (χ2v) is 3.90. The van der Waals surface area contributed by atoms with Gasteiger partial charge in [-0.3, -0.25) is 4.79 Å². The predicted molar refractivity (Wildman–Crippen MR) is 64.7 cm³/mol. The van der Waals surface area contributed by atoms with Crippen molar-refractivity contribution in [1.82, 2.24) is 0 Å². The lowest BCUT2D eigenvalue weighted by molar-refractivity contribution is -0.138. The summed E-state index contributed by atoms with van der Waals surface area (Å²) in [5, 5.41) is 8.75. The van der Waals surface area contributed by atoms with Crippen molar-refractivity contribution in [2.75, 3.05) is 7.11 Å². The molecule has 0 aliphatic rings. The van der Waals surface area contributed by atoms with Gasteiger partial charge < -0.3 is 14.6 Å². The van der Waals surface area contributed by atoms with Crippen LogP contribution in [0.15, 0.2) is 18.2 Å². The van der Waals surface area contributed by atoms with Crippen LogP contribution in [0.4, 0.5) is 0 Å². The van der Waals surface area contributed by atoms with Gasteiger partial charge in [0.15, 0.2) is 11.5 Å². The van der Waals surface area contributed by atoms with E-state index in [0.717, 1.165) is 5.56 Å². The molecule has 0 saturated heterocycles. The number of carboxylic acid groups (broad SMARTS) is 1. The van der Waals surface area contributed by atoms with E-state index in [-0.39, 0.29) is 12.5 Å². The Balaban J connectivity index is 2.81.